The first-order valence-corrected chi connectivity index (χ1v) is 8.38. The Hall–Kier alpha value is -1.99. The predicted molar refractivity (Wildman–Crippen MR) is 80.4 cm³/mol. The number of halogens is 2. The maximum atomic E-state index is 13.1. The third-order valence-electron chi connectivity index (χ3n) is 5.32. The van der Waals surface area contributed by atoms with Gasteiger partial charge in [0.2, 0.25) is 5.91 Å². The van der Waals surface area contributed by atoms with Crippen molar-refractivity contribution in [3.8, 4) is 0 Å². The summed E-state index contributed by atoms with van der Waals surface area (Å²) in [4.78, 5) is 28.6. The van der Waals surface area contributed by atoms with E-state index in [0.717, 1.165) is 25.8 Å². The van der Waals surface area contributed by atoms with E-state index in [0.29, 0.717) is 18.9 Å². The molecule has 2 aliphatic heterocycles. The van der Waals surface area contributed by atoms with Crippen LogP contribution in [0.5, 0.6) is 0 Å². The zero-order chi connectivity index (χ0) is 17.0. The number of nitrogens with zero attached hydrogens (tertiary/aromatic N) is 4. The average molecular weight is 338 g/mol. The molecule has 1 aromatic heterocycles. The maximum Gasteiger partial charge on any atom is 0.282 e. The van der Waals surface area contributed by atoms with E-state index in [2.05, 4.69) is 5.10 Å². The largest absolute Gasteiger partial charge is 0.337 e. The van der Waals surface area contributed by atoms with E-state index in [4.69, 9.17) is 0 Å². The highest BCUT2D eigenvalue weighted by Crippen LogP contribution is 2.38. The van der Waals surface area contributed by atoms with Gasteiger partial charge in [0.05, 0.1) is 17.6 Å². The third kappa shape index (κ3) is 2.48. The minimum Gasteiger partial charge on any atom is -0.337 e. The average Bonchev–Trinajstić information content (AvgIpc) is 2.99. The van der Waals surface area contributed by atoms with Gasteiger partial charge in [0, 0.05) is 32.8 Å². The fourth-order valence-electron chi connectivity index (χ4n) is 3.98. The third-order valence-corrected chi connectivity index (χ3v) is 5.32. The highest BCUT2D eigenvalue weighted by atomic mass is 19.3. The van der Waals surface area contributed by atoms with Crippen LogP contribution in [0.4, 0.5) is 8.78 Å². The number of likely N-dealkylation sites (tertiary alicyclic amines) is 2. The van der Waals surface area contributed by atoms with Crippen LogP contribution in [0.15, 0.2) is 6.20 Å². The molecule has 2 amide bonds. The fraction of sp³-hybridized carbons (Fsp3) is 0.688. The number of aryl methyl sites for hydroxylation is 1. The van der Waals surface area contributed by atoms with Crippen molar-refractivity contribution in [2.45, 2.75) is 44.2 Å². The lowest BCUT2D eigenvalue weighted by atomic mass is 10.1. The van der Waals surface area contributed by atoms with Gasteiger partial charge in [-0.2, -0.15) is 5.10 Å². The fourth-order valence-corrected chi connectivity index (χ4v) is 3.98. The molecule has 2 saturated heterocycles. The van der Waals surface area contributed by atoms with Crippen LogP contribution in [-0.2, 0) is 11.8 Å². The van der Waals surface area contributed by atoms with Crippen LogP contribution in [0, 0.1) is 5.92 Å². The Labute approximate surface area is 138 Å². The van der Waals surface area contributed by atoms with E-state index >= 15 is 0 Å². The van der Waals surface area contributed by atoms with Crippen molar-refractivity contribution in [1.29, 1.82) is 0 Å². The summed E-state index contributed by atoms with van der Waals surface area (Å²) < 4.78 is 27.5. The Kier molecular flexibility index (Phi) is 3.58. The summed E-state index contributed by atoms with van der Waals surface area (Å²) in [5, 5.41) is 3.71. The second-order valence-corrected chi connectivity index (χ2v) is 7.02. The summed E-state index contributed by atoms with van der Waals surface area (Å²) in [7, 11) is 1.52. The van der Waals surface area contributed by atoms with E-state index in [1.807, 2.05) is 4.90 Å². The van der Waals surface area contributed by atoms with Crippen LogP contribution >= 0.6 is 0 Å². The van der Waals surface area contributed by atoms with E-state index < -0.39 is 18.0 Å². The Morgan fingerprint density at radius 2 is 2.08 bits per heavy atom. The molecule has 0 spiro atoms. The molecule has 3 fully saturated rings. The second kappa shape index (κ2) is 5.53. The van der Waals surface area contributed by atoms with Crippen LogP contribution in [0.25, 0.3) is 0 Å². The summed E-state index contributed by atoms with van der Waals surface area (Å²) in [6, 6.07) is -0.164. The summed E-state index contributed by atoms with van der Waals surface area (Å²) in [6.07, 6.45) is 1.90. The minimum absolute atomic E-state index is 0.0359. The molecule has 1 saturated carbocycles. The normalized spacial score (nSPS) is 26.6. The first-order valence-electron chi connectivity index (χ1n) is 8.38. The number of amides is 2. The lowest BCUT2D eigenvalue weighted by Gasteiger charge is -2.25. The number of rotatable bonds is 4. The molecular formula is C16H20F2N4O2. The highest BCUT2D eigenvalue weighted by Gasteiger charge is 2.49. The van der Waals surface area contributed by atoms with E-state index in [9.17, 15) is 18.4 Å². The Bertz CT molecular complexity index is 686. The molecule has 6 nitrogen and oxygen atoms in total. The van der Waals surface area contributed by atoms with Gasteiger partial charge in [0.1, 0.15) is 5.69 Å². The van der Waals surface area contributed by atoms with E-state index in [-0.39, 0.29) is 23.6 Å². The van der Waals surface area contributed by atoms with Gasteiger partial charge in [-0.25, -0.2) is 8.78 Å². The quantitative estimate of drug-likeness (QED) is 0.838. The van der Waals surface area contributed by atoms with Gasteiger partial charge in [-0.3, -0.25) is 14.3 Å². The van der Waals surface area contributed by atoms with Crippen molar-refractivity contribution >= 4 is 11.8 Å². The summed E-state index contributed by atoms with van der Waals surface area (Å²) >= 11 is 0. The SMILES string of the molecule is Cn1cc(C(=O)N2CC[C@H]3[C@@H]2CC(=O)N3CC2CC2)c(C(F)F)n1. The maximum absolute atomic E-state index is 13.1. The molecule has 8 heteroatoms. The Morgan fingerprint density at radius 3 is 2.75 bits per heavy atom. The first kappa shape index (κ1) is 15.5. The van der Waals surface area contributed by atoms with Gasteiger partial charge < -0.3 is 9.80 Å². The molecule has 3 aliphatic rings. The molecule has 24 heavy (non-hydrogen) atoms. The van der Waals surface area contributed by atoms with Crippen molar-refractivity contribution in [2.75, 3.05) is 13.1 Å². The second-order valence-electron chi connectivity index (χ2n) is 7.02. The lowest BCUT2D eigenvalue weighted by Crippen LogP contribution is -2.40. The van der Waals surface area contributed by atoms with Crippen LogP contribution in [-0.4, -0.2) is 56.6 Å². The van der Waals surface area contributed by atoms with Crippen LogP contribution < -0.4 is 0 Å². The summed E-state index contributed by atoms with van der Waals surface area (Å²) in [5.74, 6) is 0.239. The van der Waals surface area contributed by atoms with Gasteiger partial charge >= 0.3 is 0 Å². The molecule has 130 valence electrons. The number of carbonyl (C=O) groups is 2. The van der Waals surface area contributed by atoms with Crippen molar-refractivity contribution in [3.05, 3.63) is 17.5 Å². The molecule has 1 aliphatic carbocycles. The number of fused-ring (bicyclic) bond motifs is 1. The van der Waals surface area contributed by atoms with Gasteiger partial charge in [0.25, 0.3) is 12.3 Å². The summed E-state index contributed by atoms with van der Waals surface area (Å²) in [5.41, 5.74) is -0.536. The minimum atomic E-state index is -2.79. The van der Waals surface area contributed by atoms with Crippen LogP contribution in [0.1, 0.15) is 48.2 Å². The van der Waals surface area contributed by atoms with Gasteiger partial charge in [-0.15, -0.1) is 0 Å². The molecule has 1 aromatic rings. The Balaban J connectivity index is 1.55. The van der Waals surface area contributed by atoms with Crippen LogP contribution in [0.2, 0.25) is 0 Å². The van der Waals surface area contributed by atoms with Gasteiger partial charge in [-0.05, 0) is 25.2 Å². The van der Waals surface area contributed by atoms with E-state index in [1.54, 1.807) is 4.90 Å². The molecule has 0 bridgehead atoms. The number of alkyl halides is 2. The van der Waals surface area contributed by atoms with Gasteiger partial charge in [-0.1, -0.05) is 0 Å². The van der Waals surface area contributed by atoms with Gasteiger partial charge in [0.15, 0.2) is 0 Å². The topological polar surface area (TPSA) is 58.4 Å². The number of aromatic nitrogens is 2. The lowest BCUT2D eigenvalue weighted by molar-refractivity contribution is -0.129. The van der Waals surface area contributed by atoms with E-state index in [1.165, 1.54) is 17.9 Å². The zero-order valence-corrected chi connectivity index (χ0v) is 13.5. The van der Waals surface area contributed by atoms with Crippen molar-refractivity contribution in [1.82, 2.24) is 19.6 Å². The highest BCUT2D eigenvalue weighted by molar-refractivity contribution is 5.96. The number of hydrogen-bond acceptors (Lipinski definition) is 3. The predicted octanol–water partition coefficient (Wildman–Crippen LogP) is 1.58. The molecule has 0 aromatic carbocycles. The molecule has 0 unspecified atom stereocenters. The molecule has 3 heterocycles. The van der Waals surface area contributed by atoms with Crippen LogP contribution in [0.3, 0.4) is 0 Å². The standard InChI is InChI=1S/C16H20F2N4O2/c1-20-8-10(14(19-20)15(17)18)16(24)21-5-4-11-12(21)6-13(23)22(11)7-9-2-3-9/h8-9,11-12,15H,2-7H2,1H3/t11-,12-/m0/s1. The smallest absolute Gasteiger partial charge is 0.282 e. The zero-order valence-electron chi connectivity index (χ0n) is 13.5. The summed E-state index contributed by atoms with van der Waals surface area (Å²) in [6.45, 7) is 1.28. The number of hydrogen-bond donors (Lipinski definition) is 0. The molecular weight excluding hydrogens is 318 g/mol. The first-order chi connectivity index (χ1) is 11.5. The molecule has 2 atom stereocenters. The van der Waals surface area contributed by atoms with Crippen molar-refractivity contribution in [2.24, 2.45) is 13.0 Å². The molecule has 0 N–H and O–H groups in total. The monoisotopic (exact) mass is 338 g/mol. The molecule has 4 rings (SSSR count). The van der Waals surface area contributed by atoms with Crippen molar-refractivity contribution in [3.63, 3.8) is 0 Å². The molecule has 0 radical (unpaired) electrons. The number of carbonyl (C=O) groups excluding carboxylic acids is 2. The van der Waals surface area contributed by atoms with Crippen molar-refractivity contribution < 1.29 is 18.4 Å². The Morgan fingerprint density at radius 1 is 1.33 bits per heavy atom.